The molecule has 0 fully saturated rings. The van der Waals surface area contributed by atoms with E-state index in [1.807, 2.05) is 13.8 Å². The summed E-state index contributed by atoms with van der Waals surface area (Å²) in [4.78, 5) is 32.7. The van der Waals surface area contributed by atoms with Gasteiger partial charge in [0.1, 0.15) is 10.7 Å². The van der Waals surface area contributed by atoms with Crippen LogP contribution in [0.25, 0.3) is 10.2 Å². The Morgan fingerprint density at radius 1 is 1.22 bits per heavy atom. The molecule has 142 valence electrons. The topological polar surface area (TPSA) is 86.9 Å². The van der Waals surface area contributed by atoms with Crippen molar-refractivity contribution in [3.05, 3.63) is 56.2 Å². The van der Waals surface area contributed by atoms with Gasteiger partial charge in [-0.3, -0.25) is 20.4 Å². The first-order valence-electron chi connectivity index (χ1n) is 7.95. The molecule has 2 heterocycles. The van der Waals surface area contributed by atoms with E-state index in [-0.39, 0.29) is 18.4 Å². The Kier molecular flexibility index (Phi) is 5.17. The number of hydrogen-bond donors (Lipinski definition) is 3. The van der Waals surface area contributed by atoms with Gasteiger partial charge in [-0.1, -0.05) is 0 Å². The molecule has 0 unspecified atom stereocenters. The molecular weight excluding hydrogens is 381 g/mol. The van der Waals surface area contributed by atoms with Crippen LogP contribution in [0.4, 0.5) is 18.9 Å². The van der Waals surface area contributed by atoms with Crippen molar-refractivity contribution < 1.29 is 18.0 Å². The Bertz CT molecular complexity index is 1090. The van der Waals surface area contributed by atoms with E-state index in [4.69, 9.17) is 0 Å². The Morgan fingerprint density at radius 3 is 2.70 bits per heavy atom. The summed E-state index contributed by atoms with van der Waals surface area (Å²) in [5.74, 6) is -4.58. The van der Waals surface area contributed by atoms with Crippen molar-refractivity contribution in [2.75, 3.05) is 5.43 Å². The van der Waals surface area contributed by atoms with Crippen LogP contribution >= 0.6 is 11.3 Å². The van der Waals surface area contributed by atoms with E-state index in [9.17, 15) is 22.8 Å². The van der Waals surface area contributed by atoms with Crippen LogP contribution in [0.3, 0.4) is 0 Å². The van der Waals surface area contributed by atoms with Crippen LogP contribution in [0.2, 0.25) is 0 Å². The van der Waals surface area contributed by atoms with Crippen molar-refractivity contribution in [3.63, 3.8) is 0 Å². The van der Waals surface area contributed by atoms with E-state index in [0.717, 1.165) is 22.6 Å². The van der Waals surface area contributed by atoms with E-state index >= 15 is 0 Å². The van der Waals surface area contributed by atoms with Crippen molar-refractivity contribution >= 4 is 33.1 Å². The molecule has 3 N–H and O–H groups in total. The summed E-state index contributed by atoms with van der Waals surface area (Å²) in [6.45, 7) is 3.75. The zero-order chi connectivity index (χ0) is 19.7. The van der Waals surface area contributed by atoms with Gasteiger partial charge in [-0.25, -0.2) is 18.2 Å². The van der Waals surface area contributed by atoms with Gasteiger partial charge in [0.2, 0.25) is 5.91 Å². The summed E-state index contributed by atoms with van der Waals surface area (Å²) in [7, 11) is 0. The Balaban J connectivity index is 1.64. The molecule has 27 heavy (non-hydrogen) atoms. The van der Waals surface area contributed by atoms with Crippen molar-refractivity contribution in [1.29, 1.82) is 0 Å². The normalized spacial score (nSPS) is 11.0. The number of amides is 1. The summed E-state index contributed by atoms with van der Waals surface area (Å²) in [5.41, 5.74) is 4.60. The summed E-state index contributed by atoms with van der Waals surface area (Å²) < 4.78 is 39.5. The number of carbonyl (C=O) groups excluding carboxylic acids is 1. The highest BCUT2D eigenvalue weighted by molar-refractivity contribution is 7.18. The van der Waals surface area contributed by atoms with Gasteiger partial charge < -0.3 is 4.98 Å². The summed E-state index contributed by atoms with van der Waals surface area (Å²) in [6, 6.07) is 1.70. The number of rotatable bonds is 5. The van der Waals surface area contributed by atoms with Crippen molar-refractivity contribution in [2.24, 2.45) is 0 Å². The smallest absolute Gasteiger partial charge is 0.259 e. The Morgan fingerprint density at radius 2 is 1.96 bits per heavy atom. The number of aryl methyl sites for hydroxylation is 3. The fourth-order valence-corrected chi connectivity index (χ4v) is 3.52. The minimum atomic E-state index is -1.63. The largest absolute Gasteiger partial charge is 0.310 e. The molecule has 0 saturated heterocycles. The number of hydrogen-bond acceptors (Lipinski definition) is 5. The molecule has 0 saturated carbocycles. The first kappa shape index (κ1) is 18.9. The monoisotopic (exact) mass is 396 g/mol. The number of thiophene rings is 1. The maximum Gasteiger partial charge on any atom is 0.259 e. The van der Waals surface area contributed by atoms with Gasteiger partial charge in [-0.2, -0.15) is 0 Å². The fourth-order valence-electron chi connectivity index (χ4n) is 2.47. The van der Waals surface area contributed by atoms with Crippen LogP contribution in [-0.4, -0.2) is 15.9 Å². The number of aromatic amines is 1. The standard InChI is InChI=1S/C17H15F3N4O2S/c1-7-8(2)27-17-13(7)16(26)21-11(22-17)5-6-12(25)24-23-10-4-3-9(18)14(19)15(10)20/h3-4,23H,5-6H2,1-2H3,(H,24,25)(H,21,22,26). The first-order valence-corrected chi connectivity index (χ1v) is 8.76. The van der Waals surface area contributed by atoms with E-state index in [0.29, 0.717) is 16.0 Å². The average Bonchev–Trinajstić information content (AvgIpc) is 2.91. The molecule has 6 nitrogen and oxygen atoms in total. The predicted octanol–water partition coefficient (Wildman–Crippen LogP) is 3.09. The highest BCUT2D eigenvalue weighted by Crippen LogP contribution is 2.25. The Hall–Kier alpha value is -2.88. The van der Waals surface area contributed by atoms with Crippen molar-refractivity contribution in [1.82, 2.24) is 15.4 Å². The number of carbonyl (C=O) groups is 1. The number of halogens is 3. The molecule has 0 spiro atoms. The predicted molar refractivity (Wildman–Crippen MR) is 96.1 cm³/mol. The van der Waals surface area contributed by atoms with Crippen LogP contribution in [0.5, 0.6) is 0 Å². The summed E-state index contributed by atoms with van der Waals surface area (Å²) in [6.07, 6.45) is 0.0883. The molecule has 0 aliphatic carbocycles. The maximum atomic E-state index is 13.5. The molecule has 1 aromatic carbocycles. The second kappa shape index (κ2) is 7.39. The molecule has 0 aliphatic heterocycles. The molecule has 3 rings (SSSR count). The SMILES string of the molecule is Cc1sc2nc(CCC(=O)NNc3ccc(F)c(F)c3F)[nH]c(=O)c2c1C. The van der Waals surface area contributed by atoms with Gasteiger partial charge in [0.25, 0.3) is 5.56 Å². The van der Waals surface area contributed by atoms with Crippen LogP contribution in [-0.2, 0) is 11.2 Å². The quantitative estimate of drug-likeness (QED) is 0.457. The third-order valence-electron chi connectivity index (χ3n) is 4.05. The third-order valence-corrected chi connectivity index (χ3v) is 5.15. The zero-order valence-corrected chi connectivity index (χ0v) is 15.2. The van der Waals surface area contributed by atoms with Gasteiger partial charge in [0.05, 0.1) is 11.1 Å². The van der Waals surface area contributed by atoms with E-state index in [2.05, 4.69) is 20.8 Å². The molecule has 3 aromatic rings. The van der Waals surface area contributed by atoms with Gasteiger partial charge in [-0.15, -0.1) is 11.3 Å². The average molecular weight is 396 g/mol. The fraction of sp³-hybridized carbons (Fsp3) is 0.235. The van der Waals surface area contributed by atoms with Gasteiger partial charge >= 0.3 is 0 Å². The zero-order valence-electron chi connectivity index (χ0n) is 14.4. The minimum Gasteiger partial charge on any atom is -0.310 e. The van der Waals surface area contributed by atoms with E-state index < -0.39 is 29.0 Å². The second-order valence-electron chi connectivity index (χ2n) is 5.87. The molecule has 0 radical (unpaired) electrons. The van der Waals surface area contributed by atoms with E-state index in [1.165, 1.54) is 11.3 Å². The summed E-state index contributed by atoms with van der Waals surface area (Å²) in [5, 5.41) is 0.543. The maximum absolute atomic E-state index is 13.5. The lowest BCUT2D eigenvalue weighted by atomic mass is 10.2. The molecule has 0 atom stereocenters. The van der Waals surface area contributed by atoms with Crippen molar-refractivity contribution in [2.45, 2.75) is 26.7 Å². The van der Waals surface area contributed by atoms with Gasteiger partial charge in [0, 0.05) is 17.7 Å². The molecule has 1 amide bonds. The number of H-pyrrole nitrogens is 1. The highest BCUT2D eigenvalue weighted by Gasteiger charge is 2.15. The van der Waals surface area contributed by atoms with Crippen LogP contribution in [0.1, 0.15) is 22.7 Å². The first-order chi connectivity index (χ1) is 12.8. The highest BCUT2D eigenvalue weighted by atomic mass is 32.1. The second-order valence-corrected chi connectivity index (χ2v) is 7.08. The number of nitrogens with zero attached hydrogens (tertiary/aromatic N) is 1. The third kappa shape index (κ3) is 3.80. The lowest BCUT2D eigenvalue weighted by molar-refractivity contribution is -0.120. The number of aromatic nitrogens is 2. The van der Waals surface area contributed by atoms with E-state index in [1.54, 1.807) is 0 Å². The number of benzene rings is 1. The number of nitrogens with one attached hydrogen (secondary N) is 3. The van der Waals surface area contributed by atoms with Gasteiger partial charge in [-0.05, 0) is 31.5 Å². The van der Waals surface area contributed by atoms with Crippen LogP contribution < -0.4 is 16.4 Å². The lowest BCUT2D eigenvalue weighted by Gasteiger charge is -2.10. The van der Waals surface area contributed by atoms with Crippen molar-refractivity contribution in [3.8, 4) is 0 Å². The molecular formula is C17H15F3N4O2S. The Labute approximate surface area is 155 Å². The molecule has 0 aliphatic rings. The lowest BCUT2D eigenvalue weighted by Crippen LogP contribution is -2.30. The van der Waals surface area contributed by atoms with Crippen LogP contribution in [0.15, 0.2) is 16.9 Å². The number of anilines is 1. The molecule has 0 bridgehead atoms. The molecule has 10 heteroatoms. The van der Waals surface area contributed by atoms with Gasteiger partial charge in [0.15, 0.2) is 17.5 Å². The summed E-state index contributed by atoms with van der Waals surface area (Å²) >= 11 is 1.40. The van der Waals surface area contributed by atoms with Crippen LogP contribution in [0, 0.1) is 31.3 Å². The number of fused-ring (bicyclic) bond motifs is 1. The number of hydrazine groups is 1. The minimum absolute atomic E-state index is 0.0594. The molecule has 2 aromatic heterocycles.